The molecular formula is C9H11NO2S. The zero-order chi connectivity index (χ0) is 9.84. The Labute approximate surface area is 81.3 Å². The van der Waals surface area contributed by atoms with E-state index >= 15 is 0 Å². The molecule has 1 aromatic rings. The lowest BCUT2D eigenvalue weighted by atomic mass is 10.1. The van der Waals surface area contributed by atoms with E-state index < -0.39 is 0 Å². The number of nitrogens with zero attached hydrogens (tertiary/aromatic N) is 1. The highest BCUT2D eigenvalue weighted by Crippen LogP contribution is 2.19. The molecule has 70 valence electrons. The van der Waals surface area contributed by atoms with E-state index in [0.29, 0.717) is 0 Å². The molecule has 0 unspecified atom stereocenters. The van der Waals surface area contributed by atoms with Crippen molar-refractivity contribution in [1.82, 2.24) is 0 Å². The van der Waals surface area contributed by atoms with Crippen LogP contribution in [0.2, 0.25) is 0 Å². The summed E-state index contributed by atoms with van der Waals surface area (Å²) in [5.74, 6) is 0. The van der Waals surface area contributed by atoms with E-state index in [4.69, 9.17) is 0 Å². The van der Waals surface area contributed by atoms with E-state index in [1.54, 1.807) is 11.8 Å². The molecule has 1 rings (SSSR count). The molecule has 0 heterocycles. The van der Waals surface area contributed by atoms with Gasteiger partial charge in [0.15, 0.2) is 0 Å². The molecule has 13 heavy (non-hydrogen) atoms. The van der Waals surface area contributed by atoms with Crippen molar-refractivity contribution in [2.75, 3.05) is 6.26 Å². The summed E-state index contributed by atoms with van der Waals surface area (Å²) in [5.41, 5.74) is 1.78. The van der Waals surface area contributed by atoms with E-state index in [-0.39, 0.29) is 11.5 Å². The Morgan fingerprint density at radius 2 is 2.23 bits per heavy atom. The summed E-state index contributed by atoms with van der Waals surface area (Å²) >= 11 is 1.64. The Bertz CT molecular complexity index is 325. The van der Waals surface area contributed by atoms with Gasteiger partial charge in [-0.15, -0.1) is 11.8 Å². The lowest BCUT2D eigenvalue weighted by Gasteiger charge is -2.02. The second-order valence-electron chi connectivity index (χ2n) is 2.78. The maximum absolute atomic E-state index is 10.3. The lowest BCUT2D eigenvalue weighted by molar-refractivity contribution is -0.496. The standard InChI is InChI=1S/C9H11NO2S/c1-7-5-9(13-2)4-3-8(7)6-10(11)12/h3-5H,6H2,1-2H3. The summed E-state index contributed by atoms with van der Waals surface area (Å²) in [6.45, 7) is 1.82. The fourth-order valence-electron chi connectivity index (χ4n) is 1.11. The van der Waals surface area contributed by atoms with Gasteiger partial charge in [0.2, 0.25) is 6.54 Å². The number of rotatable bonds is 3. The Hall–Kier alpha value is -1.03. The van der Waals surface area contributed by atoms with Gasteiger partial charge in [-0.2, -0.15) is 0 Å². The zero-order valence-electron chi connectivity index (χ0n) is 7.61. The average molecular weight is 197 g/mol. The van der Waals surface area contributed by atoms with E-state index in [1.165, 1.54) is 0 Å². The second-order valence-corrected chi connectivity index (χ2v) is 3.66. The number of thioether (sulfide) groups is 1. The number of hydrogen-bond acceptors (Lipinski definition) is 3. The third kappa shape index (κ3) is 2.73. The molecule has 0 radical (unpaired) electrons. The van der Waals surface area contributed by atoms with Crippen molar-refractivity contribution in [1.29, 1.82) is 0 Å². The van der Waals surface area contributed by atoms with Gasteiger partial charge < -0.3 is 0 Å². The highest BCUT2D eigenvalue weighted by Gasteiger charge is 2.05. The van der Waals surface area contributed by atoms with E-state index in [1.807, 2.05) is 31.4 Å². The van der Waals surface area contributed by atoms with Crippen molar-refractivity contribution in [3.05, 3.63) is 39.4 Å². The van der Waals surface area contributed by atoms with Crippen LogP contribution in [0.4, 0.5) is 0 Å². The zero-order valence-corrected chi connectivity index (χ0v) is 8.43. The van der Waals surface area contributed by atoms with Gasteiger partial charge in [0.1, 0.15) is 0 Å². The quantitative estimate of drug-likeness (QED) is 0.425. The predicted octanol–water partition coefficient (Wildman–Crippen LogP) is 2.49. The Kier molecular flexibility index (Phi) is 3.31. The summed E-state index contributed by atoms with van der Waals surface area (Å²) in [5, 5.41) is 10.3. The van der Waals surface area contributed by atoms with Crippen LogP contribution in [0.15, 0.2) is 23.1 Å². The molecule has 0 aromatic heterocycles. The molecule has 1 aromatic carbocycles. The van der Waals surface area contributed by atoms with Crippen LogP contribution in [-0.2, 0) is 6.54 Å². The summed E-state index contributed by atoms with van der Waals surface area (Å²) in [7, 11) is 0. The Morgan fingerprint density at radius 3 is 2.69 bits per heavy atom. The van der Waals surface area contributed by atoms with Crippen LogP contribution in [0.25, 0.3) is 0 Å². The van der Waals surface area contributed by atoms with Crippen molar-refractivity contribution in [2.24, 2.45) is 0 Å². The Balaban J connectivity index is 2.91. The molecule has 0 aliphatic heterocycles. The van der Waals surface area contributed by atoms with Crippen LogP contribution in [0.5, 0.6) is 0 Å². The van der Waals surface area contributed by atoms with Crippen LogP contribution in [-0.4, -0.2) is 11.2 Å². The molecule has 0 saturated heterocycles. The van der Waals surface area contributed by atoms with Gasteiger partial charge in [0, 0.05) is 15.4 Å². The fourth-order valence-corrected chi connectivity index (χ4v) is 1.61. The second kappa shape index (κ2) is 4.28. The van der Waals surface area contributed by atoms with Gasteiger partial charge in [-0.1, -0.05) is 6.07 Å². The first-order valence-corrected chi connectivity index (χ1v) is 5.11. The maximum atomic E-state index is 10.3. The fraction of sp³-hybridized carbons (Fsp3) is 0.333. The van der Waals surface area contributed by atoms with Crippen LogP contribution in [0, 0.1) is 17.0 Å². The third-order valence-electron chi connectivity index (χ3n) is 1.85. The largest absolute Gasteiger partial charge is 0.264 e. The lowest BCUT2D eigenvalue weighted by Crippen LogP contribution is -2.00. The molecule has 0 aliphatic rings. The van der Waals surface area contributed by atoms with Crippen molar-refractivity contribution < 1.29 is 4.92 Å². The van der Waals surface area contributed by atoms with E-state index in [0.717, 1.165) is 16.0 Å². The molecular weight excluding hydrogens is 186 g/mol. The van der Waals surface area contributed by atoms with Crippen molar-refractivity contribution in [3.63, 3.8) is 0 Å². The highest BCUT2D eigenvalue weighted by atomic mass is 32.2. The summed E-state index contributed by atoms with van der Waals surface area (Å²) in [6, 6.07) is 5.71. The van der Waals surface area contributed by atoms with Crippen LogP contribution in [0.3, 0.4) is 0 Å². The molecule has 0 bridgehead atoms. The topological polar surface area (TPSA) is 43.1 Å². The molecule has 0 saturated carbocycles. The van der Waals surface area contributed by atoms with Crippen LogP contribution in [0.1, 0.15) is 11.1 Å². The van der Waals surface area contributed by atoms with Crippen LogP contribution < -0.4 is 0 Å². The smallest absolute Gasteiger partial charge is 0.229 e. The molecule has 0 spiro atoms. The van der Waals surface area contributed by atoms with Gasteiger partial charge in [-0.25, -0.2) is 0 Å². The summed E-state index contributed by atoms with van der Waals surface area (Å²) < 4.78 is 0. The normalized spacial score (nSPS) is 10.0. The molecule has 0 fully saturated rings. The SMILES string of the molecule is CSc1ccc(C[N+](=O)[O-])c(C)c1. The molecule has 0 N–H and O–H groups in total. The van der Waals surface area contributed by atoms with E-state index in [2.05, 4.69) is 0 Å². The number of aryl methyl sites for hydroxylation is 1. The monoisotopic (exact) mass is 197 g/mol. The summed E-state index contributed by atoms with van der Waals surface area (Å²) in [4.78, 5) is 11.1. The van der Waals surface area contributed by atoms with Gasteiger partial charge >= 0.3 is 0 Å². The maximum Gasteiger partial charge on any atom is 0.229 e. The number of benzene rings is 1. The van der Waals surface area contributed by atoms with Crippen molar-refractivity contribution in [2.45, 2.75) is 18.4 Å². The number of hydrogen-bond donors (Lipinski definition) is 0. The average Bonchev–Trinajstić information content (AvgIpc) is 2.08. The minimum Gasteiger partial charge on any atom is -0.264 e. The Morgan fingerprint density at radius 1 is 1.54 bits per heavy atom. The van der Waals surface area contributed by atoms with Crippen molar-refractivity contribution >= 4 is 11.8 Å². The first kappa shape index (κ1) is 10.1. The first-order chi connectivity index (χ1) is 6.13. The third-order valence-corrected chi connectivity index (χ3v) is 2.57. The molecule has 3 nitrogen and oxygen atoms in total. The van der Waals surface area contributed by atoms with Gasteiger partial charge in [0.05, 0.1) is 0 Å². The predicted molar refractivity (Wildman–Crippen MR) is 53.7 cm³/mol. The minimum atomic E-state index is -0.304. The van der Waals surface area contributed by atoms with E-state index in [9.17, 15) is 10.1 Å². The van der Waals surface area contributed by atoms with Gasteiger partial charge in [0.25, 0.3) is 0 Å². The highest BCUT2D eigenvalue weighted by molar-refractivity contribution is 7.98. The van der Waals surface area contributed by atoms with Crippen LogP contribution >= 0.6 is 11.8 Å². The van der Waals surface area contributed by atoms with Crippen molar-refractivity contribution in [3.8, 4) is 0 Å². The van der Waals surface area contributed by atoms with Gasteiger partial charge in [-0.05, 0) is 30.9 Å². The molecule has 0 aliphatic carbocycles. The van der Waals surface area contributed by atoms with Gasteiger partial charge in [-0.3, -0.25) is 10.1 Å². The first-order valence-electron chi connectivity index (χ1n) is 3.89. The minimum absolute atomic E-state index is 0.0828. The molecule has 0 atom stereocenters. The summed E-state index contributed by atoms with van der Waals surface area (Å²) in [6.07, 6.45) is 1.99. The molecule has 4 heteroatoms. The number of nitro groups is 1. The molecule has 0 amide bonds.